The topological polar surface area (TPSA) is 108 Å². The van der Waals surface area contributed by atoms with Crippen LogP contribution in [0.5, 0.6) is 5.88 Å². The highest BCUT2D eigenvalue weighted by Crippen LogP contribution is 2.42. The maximum atomic E-state index is 12.3. The van der Waals surface area contributed by atoms with Crippen molar-refractivity contribution in [3.8, 4) is 17.4 Å². The number of hydrogen-bond acceptors (Lipinski definition) is 7. The molecule has 0 spiro atoms. The van der Waals surface area contributed by atoms with Gasteiger partial charge in [0.1, 0.15) is 26.9 Å². The van der Waals surface area contributed by atoms with Crippen molar-refractivity contribution in [2.24, 2.45) is 0 Å². The minimum Gasteiger partial charge on any atom is -0.480 e. The largest absolute Gasteiger partial charge is 0.480 e. The molecule has 3 aromatic heterocycles. The molecular weight excluding hydrogens is 494 g/mol. The van der Waals surface area contributed by atoms with Crippen molar-refractivity contribution in [3.05, 3.63) is 38.9 Å². The first kappa shape index (κ1) is 18.9. The molecule has 4 heterocycles. The number of carbonyl (C=O) groups is 1. The van der Waals surface area contributed by atoms with E-state index in [4.69, 9.17) is 4.74 Å². The number of amides is 1. The molecule has 0 fully saturated rings. The van der Waals surface area contributed by atoms with Crippen LogP contribution in [-0.4, -0.2) is 42.7 Å². The normalized spacial score (nSPS) is 14.7. The van der Waals surface area contributed by atoms with Gasteiger partial charge in [-0.05, 0) is 45.7 Å². The summed E-state index contributed by atoms with van der Waals surface area (Å²) in [6, 6.07) is 0. The quantitative estimate of drug-likeness (QED) is 0.539. The Morgan fingerprint density at radius 3 is 2.61 bits per heavy atom. The summed E-state index contributed by atoms with van der Waals surface area (Å²) in [5.41, 5.74) is 1.38. The highest BCUT2D eigenvalue weighted by molar-refractivity contribution is 9.11. The summed E-state index contributed by atoms with van der Waals surface area (Å²) >= 11 is 7.01. The molecule has 0 radical (unpaired) electrons. The molecule has 3 aromatic rings. The molecule has 0 atom stereocenters. The lowest BCUT2D eigenvalue weighted by Gasteiger charge is -2.15. The molecule has 1 aliphatic heterocycles. The number of rotatable bonds is 4. The maximum Gasteiger partial charge on any atom is 0.235 e. The third-order valence-electron chi connectivity index (χ3n) is 4.49. The summed E-state index contributed by atoms with van der Waals surface area (Å²) in [5.74, 6) is 1.23. The van der Waals surface area contributed by atoms with Gasteiger partial charge in [0.25, 0.3) is 0 Å². The van der Waals surface area contributed by atoms with Crippen molar-refractivity contribution in [2.45, 2.75) is 25.8 Å². The third-order valence-corrected chi connectivity index (χ3v) is 5.78. The summed E-state index contributed by atoms with van der Waals surface area (Å²) in [6.07, 6.45) is 4.89. The van der Waals surface area contributed by atoms with Crippen LogP contribution in [0.15, 0.2) is 27.8 Å². The van der Waals surface area contributed by atoms with Gasteiger partial charge in [-0.25, -0.2) is 24.6 Å². The number of nitrogens with zero attached hydrogens (tertiary/aromatic N) is 6. The van der Waals surface area contributed by atoms with E-state index in [1.165, 1.54) is 6.33 Å². The fourth-order valence-corrected chi connectivity index (χ4v) is 4.49. The molecule has 0 saturated heterocycles. The van der Waals surface area contributed by atoms with Crippen LogP contribution < -0.4 is 10.1 Å². The van der Waals surface area contributed by atoms with Crippen LogP contribution >= 0.6 is 31.9 Å². The number of anilines is 1. The minimum atomic E-state index is -0.714. The number of fused-ring (bicyclic) bond motifs is 1. The zero-order valence-corrected chi connectivity index (χ0v) is 18.4. The van der Waals surface area contributed by atoms with E-state index in [0.29, 0.717) is 38.8 Å². The van der Waals surface area contributed by atoms with Crippen LogP contribution in [0.2, 0.25) is 0 Å². The molecule has 1 N–H and O–H groups in total. The minimum absolute atomic E-state index is 0.124. The summed E-state index contributed by atoms with van der Waals surface area (Å²) in [6.45, 7) is 4.08. The first-order valence-corrected chi connectivity index (χ1v) is 9.85. The summed E-state index contributed by atoms with van der Waals surface area (Å²) < 4.78 is 8.33. The smallest absolute Gasteiger partial charge is 0.235 e. The van der Waals surface area contributed by atoms with Gasteiger partial charge in [-0.2, -0.15) is 5.10 Å². The molecule has 9 nitrogen and oxygen atoms in total. The number of hydrogen-bond donors (Lipinski definition) is 1. The molecule has 1 amide bonds. The van der Waals surface area contributed by atoms with Gasteiger partial charge in [-0.1, -0.05) is 0 Å². The highest BCUT2D eigenvalue weighted by atomic mass is 79.9. The lowest BCUT2D eigenvalue weighted by Crippen LogP contribution is -2.27. The number of halogens is 2. The van der Waals surface area contributed by atoms with Crippen molar-refractivity contribution < 1.29 is 9.53 Å². The average Bonchev–Trinajstić information content (AvgIpc) is 3.08. The summed E-state index contributed by atoms with van der Waals surface area (Å²) in [4.78, 5) is 29.4. The molecule has 0 bridgehead atoms. The first-order valence-electron chi connectivity index (χ1n) is 8.27. The number of aromatic nitrogens is 6. The molecule has 0 aliphatic carbocycles. The van der Waals surface area contributed by atoms with Crippen molar-refractivity contribution in [1.82, 2.24) is 29.7 Å². The molecule has 144 valence electrons. The molecule has 4 rings (SSSR count). The van der Waals surface area contributed by atoms with Crippen molar-refractivity contribution in [3.63, 3.8) is 0 Å². The second-order valence-electron chi connectivity index (χ2n) is 6.72. The Hall–Kier alpha value is -2.40. The van der Waals surface area contributed by atoms with Crippen LogP contribution in [0.25, 0.3) is 11.5 Å². The molecule has 0 saturated carbocycles. The lowest BCUT2D eigenvalue weighted by atomic mass is 9.88. The van der Waals surface area contributed by atoms with Gasteiger partial charge in [0.05, 0.1) is 19.1 Å². The van der Waals surface area contributed by atoms with E-state index >= 15 is 0 Å². The number of methoxy groups -OCH3 is 1. The number of nitrogens with one attached hydrogen (secondary N) is 1. The molecule has 28 heavy (non-hydrogen) atoms. The van der Waals surface area contributed by atoms with Crippen LogP contribution in [-0.2, 0) is 16.8 Å². The zero-order chi connectivity index (χ0) is 20.1. The Labute approximate surface area is 177 Å². The molecule has 0 aromatic carbocycles. The third kappa shape index (κ3) is 2.98. The first-order chi connectivity index (χ1) is 13.3. The van der Waals surface area contributed by atoms with Crippen LogP contribution in [0.3, 0.4) is 0 Å². The Bertz CT molecular complexity index is 1080. The number of carbonyl (C=O) groups excluding carboxylic acids is 1. The molecule has 1 aliphatic rings. The Morgan fingerprint density at radius 1 is 1.21 bits per heavy atom. The Kier molecular flexibility index (Phi) is 4.66. The van der Waals surface area contributed by atoms with Gasteiger partial charge >= 0.3 is 0 Å². The highest BCUT2D eigenvalue weighted by Gasteiger charge is 2.42. The summed E-state index contributed by atoms with van der Waals surface area (Å²) in [5, 5.41) is 7.41. The van der Waals surface area contributed by atoms with Crippen LogP contribution in [0.4, 0.5) is 5.82 Å². The zero-order valence-electron chi connectivity index (χ0n) is 15.2. The Balaban J connectivity index is 1.80. The van der Waals surface area contributed by atoms with Crippen LogP contribution in [0, 0.1) is 0 Å². The van der Waals surface area contributed by atoms with E-state index in [9.17, 15) is 4.79 Å². The van der Waals surface area contributed by atoms with E-state index in [1.807, 2.05) is 13.8 Å². The fraction of sp³-hybridized carbons (Fsp3) is 0.294. The molecule has 0 unspecified atom stereocenters. The standard InChI is InChI=1S/C17H15Br2N7O2/c1-17(2)9-12(19)22-14(23-13(9)24-16(17)27)11-10(18)15(28-3)26(25-11)6-8-4-20-7-21-5-8/h4-5,7H,6H2,1-3H3,(H,22,23,24,27). The summed E-state index contributed by atoms with van der Waals surface area (Å²) in [7, 11) is 1.56. The van der Waals surface area contributed by atoms with E-state index < -0.39 is 5.41 Å². The monoisotopic (exact) mass is 507 g/mol. The van der Waals surface area contributed by atoms with Crippen molar-refractivity contribution in [2.75, 3.05) is 12.4 Å². The Morgan fingerprint density at radius 2 is 1.93 bits per heavy atom. The van der Waals surface area contributed by atoms with Gasteiger partial charge in [-0.15, -0.1) is 0 Å². The lowest BCUT2D eigenvalue weighted by molar-refractivity contribution is -0.119. The van der Waals surface area contributed by atoms with Gasteiger partial charge in [0, 0.05) is 23.5 Å². The predicted molar refractivity (Wildman–Crippen MR) is 108 cm³/mol. The molecular formula is C17H15Br2N7O2. The number of ether oxygens (including phenoxy) is 1. The maximum absolute atomic E-state index is 12.3. The van der Waals surface area contributed by atoms with Crippen molar-refractivity contribution >= 4 is 43.6 Å². The molecule has 11 heteroatoms. The second kappa shape index (κ2) is 6.89. The van der Waals surface area contributed by atoms with Crippen LogP contribution in [0.1, 0.15) is 25.0 Å². The second-order valence-corrected chi connectivity index (χ2v) is 8.26. The van der Waals surface area contributed by atoms with E-state index in [0.717, 1.165) is 11.1 Å². The van der Waals surface area contributed by atoms with Gasteiger partial charge in [0.2, 0.25) is 11.8 Å². The van der Waals surface area contributed by atoms with E-state index in [1.54, 1.807) is 24.2 Å². The van der Waals surface area contributed by atoms with E-state index in [2.05, 4.69) is 62.2 Å². The van der Waals surface area contributed by atoms with Gasteiger partial charge < -0.3 is 10.1 Å². The average molecular weight is 509 g/mol. The van der Waals surface area contributed by atoms with Gasteiger partial charge in [-0.3, -0.25) is 4.79 Å². The predicted octanol–water partition coefficient (Wildman–Crippen LogP) is 2.94. The van der Waals surface area contributed by atoms with Gasteiger partial charge in [0.15, 0.2) is 5.82 Å². The fourth-order valence-electron chi connectivity index (χ4n) is 3.02. The SMILES string of the molecule is COc1c(Br)c(-c2nc(Br)c3c(n2)NC(=O)C3(C)C)nn1Cc1cncnc1. The van der Waals surface area contributed by atoms with E-state index in [-0.39, 0.29) is 5.91 Å². The van der Waals surface area contributed by atoms with Crippen molar-refractivity contribution in [1.29, 1.82) is 0 Å².